The van der Waals surface area contributed by atoms with Crippen LogP contribution in [0.2, 0.25) is 0 Å². The zero-order valence-corrected chi connectivity index (χ0v) is 8.49. The zero-order chi connectivity index (χ0) is 10.5. The number of halogens is 1. The lowest BCUT2D eigenvalue weighted by Crippen LogP contribution is -2.11. The number of hydrogen-bond acceptors (Lipinski definition) is 2. The first-order valence-electron chi connectivity index (χ1n) is 5.56. The number of nitrogens with zero attached hydrogens (tertiary/aromatic N) is 1. The molecule has 2 aliphatic carbocycles. The Bertz CT molecular complexity index is 381. The summed E-state index contributed by atoms with van der Waals surface area (Å²) in [5, 5.41) is 10.5. The molecular weight excluding hydrogens is 193 g/mol. The van der Waals surface area contributed by atoms with Crippen LogP contribution in [0.3, 0.4) is 0 Å². The molecule has 0 aromatic carbocycles. The average Bonchev–Trinajstić information content (AvgIpc) is 2.87. The Hall–Kier alpha value is -0.960. The molecule has 2 atom stereocenters. The van der Waals surface area contributed by atoms with Crippen LogP contribution in [0.1, 0.15) is 31.2 Å². The van der Waals surface area contributed by atoms with Crippen molar-refractivity contribution in [3.05, 3.63) is 29.8 Å². The fourth-order valence-electron chi connectivity index (χ4n) is 3.15. The van der Waals surface area contributed by atoms with E-state index in [4.69, 9.17) is 0 Å². The molecule has 3 rings (SSSR count). The lowest BCUT2D eigenvalue weighted by Gasteiger charge is -2.10. The third-order valence-electron chi connectivity index (χ3n) is 3.95. The highest BCUT2D eigenvalue weighted by molar-refractivity contribution is 5.31. The quantitative estimate of drug-likeness (QED) is 0.766. The lowest BCUT2D eigenvalue weighted by molar-refractivity contribution is 0.117. The normalized spacial score (nSPS) is 38.5. The van der Waals surface area contributed by atoms with E-state index in [1.54, 1.807) is 6.20 Å². The Balaban J connectivity index is 1.94. The number of hydrogen-bond donors (Lipinski definition) is 1. The highest BCUT2D eigenvalue weighted by atomic mass is 19.1. The molecule has 0 spiro atoms. The lowest BCUT2D eigenvalue weighted by atomic mass is 10.0. The Morgan fingerprint density at radius 2 is 1.93 bits per heavy atom. The Labute approximate surface area is 88.2 Å². The molecular formula is C12H14FNO. The largest absolute Gasteiger partial charge is 0.384 e. The Morgan fingerprint density at radius 1 is 1.27 bits per heavy atom. The standard InChI is InChI=1S/C12H14FNO/c13-9-5-8(6-14-7-9)12(15)10-3-1-2-4-11(10)12/h5-7,10-11,15H,1-4H2. The number of aliphatic hydroxyl groups is 1. The minimum absolute atomic E-state index is 0.342. The number of pyridine rings is 1. The smallest absolute Gasteiger partial charge is 0.141 e. The third-order valence-corrected chi connectivity index (χ3v) is 3.95. The summed E-state index contributed by atoms with van der Waals surface area (Å²) in [5.41, 5.74) is -0.106. The summed E-state index contributed by atoms with van der Waals surface area (Å²) in [5.74, 6) is 0.328. The molecule has 2 unspecified atom stereocenters. The molecule has 1 aromatic rings. The number of fused-ring (bicyclic) bond motifs is 1. The van der Waals surface area contributed by atoms with Crippen LogP contribution in [0.15, 0.2) is 18.5 Å². The molecule has 1 N–H and O–H groups in total. The average molecular weight is 207 g/mol. The van der Waals surface area contributed by atoms with Gasteiger partial charge in [-0.05, 0) is 30.7 Å². The summed E-state index contributed by atoms with van der Waals surface area (Å²) < 4.78 is 13.0. The van der Waals surface area contributed by atoms with Crippen LogP contribution in [0, 0.1) is 17.7 Å². The molecule has 2 fully saturated rings. The van der Waals surface area contributed by atoms with Crippen molar-refractivity contribution in [1.29, 1.82) is 0 Å². The van der Waals surface area contributed by atoms with Crippen molar-refractivity contribution in [2.24, 2.45) is 11.8 Å². The highest BCUT2D eigenvalue weighted by Crippen LogP contribution is 2.64. The van der Waals surface area contributed by atoms with Crippen molar-refractivity contribution < 1.29 is 9.50 Å². The second-order valence-electron chi connectivity index (χ2n) is 4.71. The van der Waals surface area contributed by atoms with E-state index in [1.165, 1.54) is 25.1 Å². The maximum Gasteiger partial charge on any atom is 0.141 e. The molecule has 2 nitrogen and oxygen atoms in total. The first-order valence-corrected chi connectivity index (χ1v) is 5.56. The second kappa shape index (κ2) is 3.01. The van der Waals surface area contributed by atoms with Gasteiger partial charge in [-0.15, -0.1) is 0 Å². The molecule has 1 aromatic heterocycles. The summed E-state index contributed by atoms with van der Waals surface area (Å²) >= 11 is 0. The molecule has 3 heteroatoms. The van der Waals surface area contributed by atoms with Crippen LogP contribution in [0.25, 0.3) is 0 Å². The van der Waals surface area contributed by atoms with E-state index >= 15 is 0 Å². The van der Waals surface area contributed by atoms with Gasteiger partial charge in [-0.3, -0.25) is 4.98 Å². The fraction of sp³-hybridized carbons (Fsp3) is 0.583. The molecule has 0 bridgehead atoms. The predicted octanol–water partition coefficient (Wildman–Crippen LogP) is 2.23. The first kappa shape index (κ1) is 9.28. The Morgan fingerprint density at radius 3 is 2.53 bits per heavy atom. The van der Waals surface area contributed by atoms with Gasteiger partial charge in [0.2, 0.25) is 0 Å². The van der Waals surface area contributed by atoms with Crippen molar-refractivity contribution in [3.8, 4) is 0 Å². The summed E-state index contributed by atoms with van der Waals surface area (Å²) in [6, 6.07) is 1.42. The van der Waals surface area contributed by atoms with E-state index in [0.29, 0.717) is 17.4 Å². The van der Waals surface area contributed by atoms with Gasteiger partial charge in [-0.1, -0.05) is 12.8 Å². The van der Waals surface area contributed by atoms with Crippen LogP contribution < -0.4 is 0 Å². The van der Waals surface area contributed by atoms with Crippen LogP contribution in [0.5, 0.6) is 0 Å². The molecule has 2 saturated carbocycles. The van der Waals surface area contributed by atoms with Crippen molar-refractivity contribution in [2.75, 3.05) is 0 Å². The number of rotatable bonds is 1. The minimum atomic E-state index is -0.772. The molecule has 0 amide bonds. The van der Waals surface area contributed by atoms with Crippen molar-refractivity contribution >= 4 is 0 Å². The van der Waals surface area contributed by atoms with Gasteiger partial charge in [0.05, 0.1) is 11.8 Å². The van der Waals surface area contributed by atoms with Gasteiger partial charge >= 0.3 is 0 Å². The summed E-state index contributed by atoms with van der Waals surface area (Å²) in [6.45, 7) is 0. The summed E-state index contributed by atoms with van der Waals surface area (Å²) in [6.07, 6.45) is 7.29. The van der Waals surface area contributed by atoms with Crippen LogP contribution in [-0.4, -0.2) is 10.1 Å². The monoisotopic (exact) mass is 207 g/mol. The van der Waals surface area contributed by atoms with Crippen molar-refractivity contribution in [3.63, 3.8) is 0 Å². The van der Waals surface area contributed by atoms with Crippen molar-refractivity contribution in [2.45, 2.75) is 31.3 Å². The molecule has 0 aliphatic heterocycles. The maximum atomic E-state index is 13.0. The van der Waals surface area contributed by atoms with Crippen molar-refractivity contribution in [1.82, 2.24) is 4.98 Å². The SMILES string of the molecule is OC1(c2cncc(F)c2)C2CCCCC21. The molecule has 15 heavy (non-hydrogen) atoms. The molecule has 80 valence electrons. The van der Waals surface area contributed by atoms with Gasteiger partial charge in [0.15, 0.2) is 0 Å². The van der Waals surface area contributed by atoms with Gasteiger partial charge in [-0.2, -0.15) is 0 Å². The van der Waals surface area contributed by atoms with Gasteiger partial charge in [0.25, 0.3) is 0 Å². The van der Waals surface area contributed by atoms with Crippen LogP contribution in [-0.2, 0) is 5.60 Å². The van der Waals surface area contributed by atoms with E-state index in [-0.39, 0.29) is 5.82 Å². The first-order chi connectivity index (χ1) is 7.23. The van der Waals surface area contributed by atoms with Gasteiger partial charge in [0, 0.05) is 11.8 Å². The predicted molar refractivity (Wildman–Crippen MR) is 53.5 cm³/mol. The third kappa shape index (κ3) is 1.22. The van der Waals surface area contributed by atoms with Gasteiger partial charge in [-0.25, -0.2) is 4.39 Å². The molecule has 2 aliphatic rings. The van der Waals surface area contributed by atoms with E-state index in [9.17, 15) is 9.50 Å². The minimum Gasteiger partial charge on any atom is -0.384 e. The number of aromatic nitrogens is 1. The van der Waals surface area contributed by atoms with E-state index < -0.39 is 5.60 Å². The van der Waals surface area contributed by atoms with Gasteiger partial charge in [0.1, 0.15) is 5.82 Å². The van der Waals surface area contributed by atoms with E-state index in [1.807, 2.05) is 0 Å². The van der Waals surface area contributed by atoms with E-state index in [2.05, 4.69) is 4.98 Å². The highest BCUT2D eigenvalue weighted by Gasteiger charge is 2.64. The molecule has 0 saturated heterocycles. The summed E-state index contributed by atoms with van der Waals surface area (Å²) in [7, 11) is 0. The van der Waals surface area contributed by atoms with Crippen LogP contribution in [0.4, 0.5) is 4.39 Å². The summed E-state index contributed by atoms with van der Waals surface area (Å²) in [4.78, 5) is 3.81. The van der Waals surface area contributed by atoms with E-state index in [0.717, 1.165) is 12.8 Å². The second-order valence-corrected chi connectivity index (χ2v) is 4.71. The zero-order valence-electron chi connectivity index (χ0n) is 8.49. The molecule has 0 radical (unpaired) electrons. The maximum absolute atomic E-state index is 13.0. The fourth-order valence-corrected chi connectivity index (χ4v) is 3.15. The topological polar surface area (TPSA) is 33.1 Å². The Kier molecular flexibility index (Phi) is 1.87. The van der Waals surface area contributed by atoms with Crippen LogP contribution >= 0.6 is 0 Å². The molecule has 1 heterocycles. The van der Waals surface area contributed by atoms with Gasteiger partial charge < -0.3 is 5.11 Å².